The van der Waals surface area contributed by atoms with Gasteiger partial charge in [0.25, 0.3) is 5.91 Å². The van der Waals surface area contributed by atoms with Crippen LogP contribution in [0.1, 0.15) is 17.3 Å². The molecule has 1 atom stereocenters. The fourth-order valence-corrected chi connectivity index (χ4v) is 2.53. The zero-order chi connectivity index (χ0) is 21.6. The Morgan fingerprint density at radius 2 is 1.69 bits per heavy atom. The van der Waals surface area contributed by atoms with Gasteiger partial charge in [0.1, 0.15) is 11.5 Å². The van der Waals surface area contributed by atoms with Crippen LogP contribution < -0.4 is 20.5 Å². The number of anilines is 1. The number of ketones is 1. The fourth-order valence-electron chi connectivity index (χ4n) is 2.29. The van der Waals surface area contributed by atoms with E-state index in [0.717, 1.165) is 0 Å². The highest BCUT2D eigenvalue weighted by Crippen LogP contribution is 2.36. The van der Waals surface area contributed by atoms with E-state index in [1.54, 1.807) is 0 Å². The molecule has 3 N–H and O–H groups in total. The number of nitrogens with one attached hydrogen (secondary N) is 1. The lowest BCUT2D eigenvalue weighted by atomic mass is 10.2. The van der Waals surface area contributed by atoms with Crippen LogP contribution in [-0.4, -0.2) is 37.9 Å². The molecule has 0 saturated heterocycles. The van der Waals surface area contributed by atoms with Gasteiger partial charge in [-0.15, -0.1) is 0 Å². The number of azo groups is 1. The number of nitrogens with zero attached hydrogens (tertiary/aromatic N) is 2. The highest BCUT2D eigenvalue weighted by atomic mass is 35.5. The van der Waals surface area contributed by atoms with E-state index in [9.17, 15) is 14.4 Å². The molecule has 152 valence electrons. The van der Waals surface area contributed by atoms with Crippen LogP contribution in [0.5, 0.6) is 11.5 Å². The van der Waals surface area contributed by atoms with Crippen molar-refractivity contribution in [1.82, 2.24) is 0 Å². The second-order valence-corrected chi connectivity index (χ2v) is 6.22. The summed E-state index contributed by atoms with van der Waals surface area (Å²) in [7, 11) is 2.83. The number of carbonyl (C=O) groups is 3. The molecule has 2 rings (SSSR count). The van der Waals surface area contributed by atoms with Crippen LogP contribution >= 0.6 is 11.6 Å². The van der Waals surface area contributed by atoms with Crippen LogP contribution in [0.3, 0.4) is 0 Å². The molecule has 0 aliphatic rings. The van der Waals surface area contributed by atoms with Gasteiger partial charge in [0.05, 0.1) is 30.6 Å². The summed E-state index contributed by atoms with van der Waals surface area (Å²) in [6.45, 7) is 1.22. The van der Waals surface area contributed by atoms with E-state index in [4.69, 9.17) is 26.8 Å². The molecule has 0 fully saturated rings. The van der Waals surface area contributed by atoms with E-state index >= 15 is 0 Å². The second-order valence-electron chi connectivity index (χ2n) is 5.82. The number of halogens is 1. The van der Waals surface area contributed by atoms with Crippen LogP contribution in [0.2, 0.25) is 5.02 Å². The maximum atomic E-state index is 12.6. The Morgan fingerprint density at radius 1 is 1.07 bits per heavy atom. The third-order valence-electron chi connectivity index (χ3n) is 3.81. The van der Waals surface area contributed by atoms with Gasteiger partial charge in [-0.1, -0.05) is 11.6 Å². The standard InChI is InChI=1S/C19H19ClN4O5/c1-10(25)17(24-23-12-6-4-11(5-7-12)18(21)26)19(27)22-14-9-15(28-2)13(20)8-16(14)29-3/h4-9,17H,1-3H3,(H2,21,26)(H,22,27)/b24-23-. The molecule has 0 saturated carbocycles. The molecular weight excluding hydrogens is 400 g/mol. The highest BCUT2D eigenvalue weighted by molar-refractivity contribution is 6.32. The first-order valence-electron chi connectivity index (χ1n) is 8.30. The lowest BCUT2D eigenvalue weighted by Crippen LogP contribution is -2.32. The summed E-state index contributed by atoms with van der Waals surface area (Å²) in [5.41, 5.74) is 6.08. The van der Waals surface area contributed by atoms with Crippen molar-refractivity contribution in [2.45, 2.75) is 13.0 Å². The van der Waals surface area contributed by atoms with Crippen LogP contribution in [0.4, 0.5) is 11.4 Å². The lowest BCUT2D eigenvalue weighted by molar-refractivity contribution is -0.126. The quantitative estimate of drug-likeness (QED) is 0.502. The van der Waals surface area contributed by atoms with Gasteiger partial charge in [-0.25, -0.2) is 0 Å². The summed E-state index contributed by atoms with van der Waals surface area (Å²) in [5.74, 6) is -1.21. The highest BCUT2D eigenvalue weighted by Gasteiger charge is 2.25. The number of hydrogen-bond donors (Lipinski definition) is 2. The molecule has 10 heteroatoms. The first-order valence-corrected chi connectivity index (χ1v) is 8.68. The average Bonchev–Trinajstić information content (AvgIpc) is 2.69. The van der Waals surface area contributed by atoms with Gasteiger partial charge in [-0.2, -0.15) is 10.2 Å². The van der Waals surface area contributed by atoms with Gasteiger partial charge in [0, 0.05) is 17.7 Å². The van der Waals surface area contributed by atoms with Crippen LogP contribution in [0, 0.1) is 0 Å². The number of ether oxygens (including phenoxy) is 2. The van der Waals surface area contributed by atoms with E-state index in [0.29, 0.717) is 22.0 Å². The number of Topliss-reactive ketones (excluding diaryl/α,β-unsaturated/α-hetero) is 1. The zero-order valence-electron chi connectivity index (χ0n) is 15.9. The van der Waals surface area contributed by atoms with Crippen LogP contribution in [-0.2, 0) is 9.59 Å². The minimum absolute atomic E-state index is 0.256. The lowest BCUT2D eigenvalue weighted by Gasteiger charge is -2.14. The first-order chi connectivity index (χ1) is 13.8. The minimum atomic E-state index is -1.39. The van der Waals surface area contributed by atoms with Crippen molar-refractivity contribution in [3.8, 4) is 11.5 Å². The summed E-state index contributed by atoms with van der Waals surface area (Å²) in [6, 6.07) is 7.46. The Morgan fingerprint density at radius 3 is 2.21 bits per heavy atom. The molecular formula is C19H19ClN4O5. The van der Waals surface area contributed by atoms with Crippen LogP contribution in [0.25, 0.3) is 0 Å². The predicted octanol–water partition coefficient (Wildman–Crippen LogP) is 3.14. The van der Waals surface area contributed by atoms with E-state index in [1.807, 2.05) is 0 Å². The number of nitrogens with two attached hydrogens (primary N) is 1. The van der Waals surface area contributed by atoms with Crippen molar-refractivity contribution in [2.24, 2.45) is 16.0 Å². The van der Waals surface area contributed by atoms with Gasteiger partial charge >= 0.3 is 0 Å². The topological polar surface area (TPSA) is 132 Å². The third-order valence-corrected chi connectivity index (χ3v) is 4.10. The normalized spacial score (nSPS) is 11.7. The van der Waals surface area contributed by atoms with Gasteiger partial charge in [-0.05, 0) is 31.2 Å². The van der Waals surface area contributed by atoms with Crippen molar-refractivity contribution in [2.75, 3.05) is 19.5 Å². The third kappa shape index (κ3) is 5.52. The zero-order valence-corrected chi connectivity index (χ0v) is 16.7. The summed E-state index contributed by atoms with van der Waals surface area (Å²) in [6.07, 6.45) is 0. The molecule has 9 nitrogen and oxygen atoms in total. The molecule has 2 aromatic rings. The van der Waals surface area contributed by atoms with E-state index in [1.165, 1.54) is 57.5 Å². The minimum Gasteiger partial charge on any atom is -0.495 e. The number of benzene rings is 2. The molecule has 1 unspecified atom stereocenters. The van der Waals surface area contributed by atoms with E-state index in [-0.39, 0.29) is 11.4 Å². The Kier molecular flexibility index (Phi) is 7.27. The fraction of sp³-hybridized carbons (Fsp3) is 0.211. The Labute approximate surface area is 171 Å². The Hall–Kier alpha value is -3.46. The molecule has 0 spiro atoms. The number of rotatable bonds is 8. The monoisotopic (exact) mass is 418 g/mol. The molecule has 0 aromatic heterocycles. The maximum Gasteiger partial charge on any atom is 0.258 e. The number of methoxy groups -OCH3 is 2. The summed E-state index contributed by atoms with van der Waals surface area (Å²) in [4.78, 5) is 35.6. The number of amides is 2. The second kappa shape index (κ2) is 9.65. The van der Waals surface area contributed by atoms with Crippen molar-refractivity contribution < 1.29 is 23.9 Å². The van der Waals surface area contributed by atoms with Crippen molar-refractivity contribution in [3.63, 3.8) is 0 Å². The maximum absolute atomic E-state index is 12.6. The van der Waals surface area contributed by atoms with Gasteiger partial charge in [0.15, 0.2) is 5.78 Å². The first kappa shape index (κ1) is 21.8. The summed E-state index contributed by atoms with van der Waals surface area (Å²) in [5, 5.41) is 10.6. The molecule has 0 bridgehead atoms. The SMILES string of the molecule is COc1cc(NC(=O)C(/N=N\c2ccc(C(N)=O)cc2)C(C)=O)c(OC)cc1Cl. The molecule has 0 aliphatic heterocycles. The number of carbonyl (C=O) groups excluding carboxylic acids is 3. The van der Waals surface area contributed by atoms with Gasteiger partial charge < -0.3 is 20.5 Å². The van der Waals surface area contributed by atoms with Crippen LogP contribution in [0.15, 0.2) is 46.6 Å². The van der Waals surface area contributed by atoms with Gasteiger partial charge in [0.2, 0.25) is 11.9 Å². The molecule has 0 heterocycles. The summed E-state index contributed by atoms with van der Waals surface area (Å²) < 4.78 is 10.3. The average molecular weight is 419 g/mol. The smallest absolute Gasteiger partial charge is 0.258 e. The number of hydrogen-bond acceptors (Lipinski definition) is 7. The predicted molar refractivity (Wildman–Crippen MR) is 107 cm³/mol. The van der Waals surface area contributed by atoms with E-state index < -0.39 is 23.6 Å². The molecule has 2 aromatic carbocycles. The van der Waals surface area contributed by atoms with Crippen molar-refractivity contribution in [3.05, 3.63) is 47.0 Å². The molecule has 29 heavy (non-hydrogen) atoms. The Balaban J connectivity index is 2.24. The summed E-state index contributed by atoms with van der Waals surface area (Å²) >= 11 is 6.04. The van der Waals surface area contributed by atoms with Gasteiger partial charge in [-0.3, -0.25) is 14.4 Å². The number of primary amides is 1. The largest absolute Gasteiger partial charge is 0.495 e. The molecule has 0 aliphatic carbocycles. The van der Waals surface area contributed by atoms with Crippen molar-refractivity contribution >= 4 is 40.6 Å². The van der Waals surface area contributed by atoms with Crippen molar-refractivity contribution in [1.29, 1.82) is 0 Å². The molecule has 2 amide bonds. The Bertz CT molecular complexity index is 960. The van der Waals surface area contributed by atoms with E-state index in [2.05, 4.69) is 15.5 Å². The molecule has 0 radical (unpaired) electrons.